The van der Waals surface area contributed by atoms with E-state index in [2.05, 4.69) is 9.17 Å². The second kappa shape index (κ2) is 4.38. The lowest BCUT2D eigenvalue weighted by Crippen LogP contribution is -2.28. The van der Waals surface area contributed by atoms with Crippen LogP contribution in [0.1, 0.15) is 30.0 Å². The van der Waals surface area contributed by atoms with Crippen molar-refractivity contribution >= 4 is 10.1 Å². The standard InChI is InChI=1S/C10H7F3N2O3S/c11-10(12,13)19(16,17)18-9-7(5-14)3-4-8(15-9)6-1-2-6/h3-4,6H,1-2H2. The molecular formula is C10H7F3N2O3S. The van der Waals surface area contributed by atoms with Crippen LogP contribution in [0.4, 0.5) is 13.2 Å². The van der Waals surface area contributed by atoms with Gasteiger partial charge in [-0.3, -0.25) is 0 Å². The quantitative estimate of drug-likeness (QED) is 0.629. The van der Waals surface area contributed by atoms with E-state index in [0.717, 1.165) is 12.8 Å². The molecule has 0 atom stereocenters. The summed E-state index contributed by atoms with van der Waals surface area (Å²) in [5.41, 5.74) is -5.50. The van der Waals surface area contributed by atoms with Crippen molar-refractivity contribution in [3.8, 4) is 11.9 Å². The van der Waals surface area contributed by atoms with Crippen LogP contribution < -0.4 is 4.18 Å². The summed E-state index contributed by atoms with van der Waals surface area (Å²) in [6.07, 6.45) is 1.65. The largest absolute Gasteiger partial charge is 0.534 e. The van der Waals surface area contributed by atoms with Crippen molar-refractivity contribution < 1.29 is 25.8 Å². The van der Waals surface area contributed by atoms with E-state index in [9.17, 15) is 21.6 Å². The summed E-state index contributed by atoms with van der Waals surface area (Å²) < 4.78 is 62.3. The van der Waals surface area contributed by atoms with Crippen molar-refractivity contribution in [1.29, 1.82) is 5.26 Å². The topological polar surface area (TPSA) is 80.0 Å². The Hall–Kier alpha value is -1.82. The number of aromatic nitrogens is 1. The zero-order chi connectivity index (χ0) is 14.3. The van der Waals surface area contributed by atoms with Gasteiger partial charge in [0.05, 0.1) is 0 Å². The molecule has 19 heavy (non-hydrogen) atoms. The van der Waals surface area contributed by atoms with E-state index in [1.165, 1.54) is 18.2 Å². The Kier molecular flexibility index (Phi) is 3.14. The Morgan fingerprint density at radius 3 is 2.47 bits per heavy atom. The highest BCUT2D eigenvalue weighted by molar-refractivity contribution is 7.87. The molecule has 0 spiro atoms. The predicted molar refractivity (Wildman–Crippen MR) is 56.5 cm³/mol. The molecule has 1 heterocycles. The number of hydrogen-bond donors (Lipinski definition) is 0. The predicted octanol–water partition coefficient (Wildman–Crippen LogP) is 2.06. The van der Waals surface area contributed by atoms with Crippen LogP contribution in [0.5, 0.6) is 5.88 Å². The molecule has 1 aromatic rings. The van der Waals surface area contributed by atoms with Gasteiger partial charge in [-0.2, -0.15) is 26.9 Å². The molecule has 0 aromatic carbocycles. The smallest absolute Gasteiger partial charge is 0.354 e. The fourth-order valence-corrected chi connectivity index (χ4v) is 1.79. The molecule has 1 saturated carbocycles. The second-order valence-electron chi connectivity index (χ2n) is 3.96. The zero-order valence-electron chi connectivity index (χ0n) is 9.31. The van der Waals surface area contributed by atoms with Gasteiger partial charge >= 0.3 is 15.6 Å². The van der Waals surface area contributed by atoms with Gasteiger partial charge in [-0.15, -0.1) is 0 Å². The second-order valence-corrected chi connectivity index (χ2v) is 5.50. The highest BCUT2D eigenvalue weighted by Crippen LogP contribution is 2.40. The van der Waals surface area contributed by atoms with Crippen LogP contribution in [0, 0.1) is 11.3 Å². The summed E-state index contributed by atoms with van der Waals surface area (Å²) in [6, 6.07) is 4.21. The van der Waals surface area contributed by atoms with Crippen LogP contribution in [-0.4, -0.2) is 18.9 Å². The van der Waals surface area contributed by atoms with Gasteiger partial charge in [0, 0.05) is 11.6 Å². The Morgan fingerprint density at radius 1 is 1.37 bits per heavy atom. The van der Waals surface area contributed by atoms with Crippen molar-refractivity contribution in [3.63, 3.8) is 0 Å². The van der Waals surface area contributed by atoms with Crippen LogP contribution in [-0.2, 0) is 10.1 Å². The number of rotatable bonds is 3. The molecule has 0 N–H and O–H groups in total. The van der Waals surface area contributed by atoms with E-state index < -0.39 is 21.5 Å². The zero-order valence-corrected chi connectivity index (χ0v) is 10.1. The van der Waals surface area contributed by atoms with Crippen LogP contribution in [0.3, 0.4) is 0 Å². The highest BCUT2D eigenvalue weighted by Gasteiger charge is 2.49. The molecule has 1 aliphatic rings. The molecule has 0 unspecified atom stereocenters. The van der Waals surface area contributed by atoms with Crippen molar-refractivity contribution in [1.82, 2.24) is 4.98 Å². The monoisotopic (exact) mass is 292 g/mol. The summed E-state index contributed by atoms with van der Waals surface area (Å²) in [5, 5.41) is 8.72. The molecule has 5 nitrogen and oxygen atoms in total. The van der Waals surface area contributed by atoms with Gasteiger partial charge in [-0.25, -0.2) is 4.98 Å². The van der Waals surface area contributed by atoms with E-state index in [1.54, 1.807) is 0 Å². The molecule has 1 fully saturated rings. The van der Waals surface area contributed by atoms with Crippen molar-refractivity contribution in [2.24, 2.45) is 0 Å². The molecule has 0 saturated heterocycles. The average Bonchev–Trinajstić information content (AvgIpc) is 3.10. The molecule has 1 aromatic heterocycles. The maximum absolute atomic E-state index is 12.2. The van der Waals surface area contributed by atoms with Gasteiger partial charge in [-0.1, -0.05) is 0 Å². The van der Waals surface area contributed by atoms with Crippen molar-refractivity contribution in [2.75, 3.05) is 0 Å². The minimum Gasteiger partial charge on any atom is -0.354 e. The first-order chi connectivity index (χ1) is 8.74. The van der Waals surface area contributed by atoms with Crippen molar-refractivity contribution in [2.45, 2.75) is 24.3 Å². The maximum Gasteiger partial charge on any atom is 0.534 e. The number of nitrogens with zero attached hydrogens (tertiary/aromatic N) is 2. The Morgan fingerprint density at radius 2 is 2.00 bits per heavy atom. The molecule has 1 aliphatic carbocycles. The fraction of sp³-hybridized carbons (Fsp3) is 0.400. The SMILES string of the molecule is N#Cc1ccc(C2CC2)nc1OS(=O)(=O)C(F)(F)F. The number of pyridine rings is 1. The van der Waals surface area contributed by atoms with Crippen LogP contribution >= 0.6 is 0 Å². The van der Waals surface area contributed by atoms with Gasteiger partial charge in [0.2, 0.25) is 0 Å². The number of halogens is 3. The summed E-state index contributed by atoms with van der Waals surface area (Å²) in [7, 11) is -5.82. The van der Waals surface area contributed by atoms with Gasteiger partial charge in [0.15, 0.2) is 0 Å². The first-order valence-electron chi connectivity index (χ1n) is 5.16. The lowest BCUT2D eigenvalue weighted by Gasteiger charge is -2.10. The third-order valence-electron chi connectivity index (χ3n) is 2.47. The van der Waals surface area contributed by atoms with Crippen LogP contribution in [0.25, 0.3) is 0 Å². The molecule has 0 bridgehead atoms. The van der Waals surface area contributed by atoms with E-state index in [1.807, 2.05) is 0 Å². The number of alkyl halides is 3. The Labute approximate surface area is 106 Å². The summed E-state index contributed by atoms with van der Waals surface area (Å²) in [6.45, 7) is 0. The lowest BCUT2D eigenvalue weighted by atomic mass is 10.2. The summed E-state index contributed by atoms with van der Waals surface area (Å²) in [5.74, 6) is -0.743. The third-order valence-corrected chi connectivity index (χ3v) is 3.41. The normalized spacial score (nSPS) is 15.9. The van der Waals surface area contributed by atoms with E-state index in [-0.39, 0.29) is 11.5 Å². The highest BCUT2D eigenvalue weighted by atomic mass is 32.2. The maximum atomic E-state index is 12.2. The first kappa shape index (κ1) is 13.6. The van der Waals surface area contributed by atoms with Gasteiger partial charge < -0.3 is 4.18 Å². The average molecular weight is 292 g/mol. The van der Waals surface area contributed by atoms with E-state index in [0.29, 0.717) is 5.69 Å². The van der Waals surface area contributed by atoms with E-state index in [4.69, 9.17) is 5.26 Å². The molecule has 0 radical (unpaired) electrons. The van der Waals surface area contributed by atoms with Gasteiger partial charge in [0.25, 0.3) is 5.88 Å². The Bertz CT molecular complexity index is 645. The molecule has 102 valence electrons. The molecule has 2 rings (SSSR count). The van der Waals surface area contributed by atoms with E-state index >= 15 is 0 Å². The molecular weight excluding hydrogens is 285 g/mol. The first-order valence-corrected chi connectivity index (χ1v) is 6.57. The third kappa shape index (κ3) is 2.78. The van der Waals surface area contributed by atoms with Crippen molar-refractivity contribution in [3.05, 3.63) is 23.4 Å². The summed E-state index contributed by atoms with van der Waals surface area (Å²) >= 11 is 0. The van der Waals surface area contributed by atoms with Crippen LogP contribution in [0.2, 0.25) is 0 Å². The minimum absolute atomic E-state index is 0.0867. The Balaban J connectivity index is 2.38. The molecule has 9 heteroatoms. The molecule has 0 aliphatic heterocycles. The minimum atomic E-state index is -5.82. The van der Waals surface area contributed by atoms with Crippen LogP contribution in [0.15, 0.2) is 12.1 Å². The number of hydrogen-bond acceptors (Lipinski definition) is 5. The van der Waals surface area contributed by atoms with Gasteiger partial charge in [0.1, 0.15) is 11.6 Å². The van der Waals surface area contributed by atoms with Gasteiger partial charge in [-0.05, 0) is 25.0 Å². The summed E-state index contributed by atoms with van der Waals surface area (Å²) in [4.78, 5) is 3.68. The molecule has 0 amide bonds. The number of nitriles is 1. The lowest BCUT2D eigenvalue weighted by molar-refractivity contribution is -0.0501. The fourth-order valence-electron chi connectivity index (χ4n) is 1.36.